The van der Waals surface area contributed by atoms with E-state index >= 15 is 0 Å². The zero-order chi connectivity index (χ0) is 16.1. The molecular formula is C20H11ClN2S. The summed E-state index contributed by atoms with van der Waals surface area (Å²) in [6.07, 6.45) is 0. The molecule has 2 heterocycles. The van der Waals surface area contributed by atoms with Crippen LogP contribution in [0.15, 0.2) is 66.7 Å². The SMILES string of the molecule is Clc1nc(-c2cccc3c2sc2ccccc23)nc2ccccc12. The van der Waals surface area contributed by atoms with Crippen LogP contribution in [0.5, 0.6) is 0 Å². The van der Waals surface area contributed by atoms with E-state index in [9.17, 15) is 0 Å². The Hall–Kier alpha value is -2.49. The second-order valence-corrected chi connectivity index (χ2v) is 7.05. The molecule has 0 amide bonds. The van der Waals surface area contributed by atoms with E-state index in [0.717, 1.165) is 16.5 Å². The molecule has 2 nitrogen and oxygen atoms in total. The van der Waals surface area contributed by atoms with Crippen LogP contribution in [0.1, 0.15) is 0 Å². The number of rotatable bonds is 1. The minimum atomic E-state index is 0.494. The molecule has 3 aromatic carbocycles. The third-order valence-corrected chi connectivity index (χ3v) is 5.71. The summed E-state index contributed by atoms with van der Waals surface area (Å²) in [6, 6.07) is 22.6. The Kier molecular flexibility index (Phi) is 3.05. The van der Waals surface area contributed by atoms with Crippen molar-refractivity contribution in [1.82, 2.24) is 9.97 Å². The highest BCUT2D eigenvalue weighted by Crippen LogP contribution is 2.39. The molecule has 114 valence electrons. The first-order chi connectivity index (χ1) is 11.8. The maximum Gasteiger partial charge on any atom is 0.162 e. The first-order valence-corrected chi connectivity index (χ1v) is 8.83. The molecular weight excluding hydrogens is 336 g/mol. The van der Waals surface area contributed by atoms with Crippen LogP contribution >= 0.6 is 22.9 Å². The van der Waals surface area contributed by atoms with Gasteiger partial charge in [-0.2, -0.15) is 0 Å². The Bertz CT molecular complexity index is 1230. The summed E-state index contributed by atoms with van der Waals surface area (Å²) in [5.74, 6) is 0.677. The third kappa shape index (κ3) is 2.02. The van der Waals surface area contributed by atoms with Crippen LogP contribution in [0, 0.1) is 0 Å². The molecule has 2 aromatic heterocycles. The molecule has 0 unspecified atom stereocenters. The Labute approximate surface area is 147 Å². The van der Waals surface area contributed by atoms with Gasteiger partial charge in [-0.3, -0.25) is 0 Å². The number of benzene rings is 3. The van der Waals surface area contributed by atoms with Gasteiger partial charge in [0.25, 0.3) is 0 Å². The molecule has 5 aromatic rings. The van der Waals surface area contributed by atoms with Gasteiger partial charge in [0.05, 0.1) is 5.52 Å². The first-order valence-electron chi connectivity index (χ1n) is 7.64. The summed E-state index contributed by atoms with van der Waals surface area (Å²) < 4.78 is 2.47. The summed E-state index contributed by atoms with van der Waals surface area (Å²) in [7, 11) is 0. The molecule has 0 atom stereocenters. The summed E-state index contributed by atoms with van der Waals surface area (Å²) in [6.45, 7) is 0. The normalized spacial score (nSPS) is 11.5. The number of nitrogens with zero attached hydrogens (tertiary/aromatic N) is 2. The Balaban J connectivity index is 1.86. The van der Waals surface area contributed by atoms with E-state index in [4.69, 9.17) is 16.6 Å². The first kappa shape index (κ1) is 13.9. The van der Waals surface area contributed by atoms with Gasteiger partial charge in [-0.25, -0.2) is 9.97 Å². The highest BCUT2D eigenvalue weighted by Gasteiger charge is 2.13. The van der Waals surface area contributed by atoms with Crippen molar-refractivity contribution < 1.29 is 0 Å². The fourth-order valence-corrected chi connectivity index (χ4v) is 4.53. The maximum atomic E-state index is 6.39. The van der Waals surface area contributed by atoms with E-state index in [-0.39, 0.29) is 0 Å². The monoisotopic (exact) mass is 346 g/mol. The van der Waals surface area contributed by atoms with Crippen molar-refractivity contribution in [3.8, 4) is 11.4 Å². The average Bonchev–Trinajstić information content (AvgIpc) is 3.00. The summed E-state index contributed by atoms with van der Waals surface area (Å²) in [5.41, 5.74) is 1.90. The predicted molar refractivity (Wildman–Crippen MR) is 103 cm³/mol. The molecule has 0 saturated carbocycles. The molecule has 0 spiro atoms. The lowest BCUT2D eigenvalue weighted by molar-refractivity contribution is 1.23. The van der Waals surface area contributed by atoms with Gasteiger partial charge >= 0.3 is 0 Å². The topological polar surface area (TPSA) is 25.8 Å². The van der Waals surface area contributed by atoms with Crippen LogP contribution in [0.25, 0.3) is 42.5 Å². The van der Waals surface area contributed by atoms with E-state index in [2.05, 4.69) is 47.4 Å². The molecule has 0 bridgehead atoms. The average molecular weight is 347 g/mol. The van der Waals surface area contributed by atoms with Crippen LogP contribution in [-0.2, 0) is 0 Å². The van der Waals surface area contributed by atoms with E-state index in [1.165, 1.54) is 20.2 Å². The number of hydrogen-bond acceptors (Lipinski definition) is 3. The second kappa shape index (κ2) is 5.26. The van der Waals surface area contributed by atoms with Gasteiger partial charge in [0.15, 0.2) is 5.82 Å². The van der Waals surface area contributed by atoms with Crippen LogP contribution < -0.4 is 0 Å². The quantitative estimate of drug-likeness (QED) is 0.332. The number of aromatic nitrogens is 2. The largest absolute Gasteiger partial charge is 0.228 e. The molecule has 5 rings (SSSR count). The number of halogens is 1. The third-order valence-electron chi connectivity index (χ3n) is 4.20. The van der Waals surface area contributed by atoms with Crippen LogP contribution in [-0.4, -0.2) is 9.97 Å². The molecule has 0 saturated heterocycles. The molecule has 0 radical (unpaired) electrons. The fourth-order valence-electron chi connectivity index (χ4n) is 3.08. The van der Waals surface area contributed by atoms with Gasteiger partial charge in [0.1, 0.15) is 5.15 Å². The number of hydrogen-bond donors (Lipinski definition) is 0. The fraction of sp³-hybridized carbons (Fsp3) is 0. The van der Waals surface area contributed by atoms with Crippen molar-refractivity contribution in [3.05, 3.63) is 71.9 Å². The summed E-state index contributed by atoms with van der Waals surface area (Å²) >= 11 is 8.17. The van der Waals surface area contributed by atoms with E-state index in [1.807, 2.05) is 24.3 Å². The Morgan fingerprint density at radius 2 is 1.46 bits per heavy atom. The van der Waals surface area contributed by atoms with Crippen LogP contribution in [0.2, 0.25) is 5.15 Å². The van der Waals surface area contributed by atoms with Gasteiger partial charge in [0, 0.05) is 31.1 Å². The standard InChI is InChI=1S/C20H11ClN2S/c21-19-14-7-1-3-10-16(14)22-20(23-19)15-9-5-8-13-12-6-2-4-11-17(12)24-18(13)15/h1-11H. The maximum absolute atomic E-state index is 6.39. The summed E-state index contributed by atoms with van der Waals surface area (Å²) in [4.78, 5) is 9.29. The highest BCUT2D eigenvalue weighted by atomic mass is 35.5. The molecule has 0 fully saturated rings. The Morgan fingerprint density at radius 1 is 0.708 bits per heavy atom. The van der Waals surface area contributed by atoms with Gasteiger partial charge in [0.2, 0.25) is 0 Å². The van der Waals surface area contributed by atoms with Gasteiger partial charge in [-0.05, 0) is 24.3 Å². The minimum Gasteiger partial charge on any atom is -0.228 e. The summed E-state index contributed by atoms with van der Waals surface area (Å²) in [5, 5.41) is 3.88. The lowest BCUT2D eigenvalue weighted by atomic mass is 10.1. The van der Waals surface area contributed by atoms with Gasteiger partial charge in [-0.15, -0.1) is 11.3 Å². The van der Waals surface area contributed by atoms with Crippen molar-refractivity contribution >= 4 is 54.0 Å². The number of para-hydroxylation sites is 1. The number of thiophene rings is 1. The lowest BCUT2D eigenvalue weighted by Gasteiger charge is -2.05. The molecule has 24 heavy (non-hydrogen) atoms. The zero-order valence-electron chi connectivity index (χ0n) is 12.5. The Morgan fingerprint density at radius 3 is 2.38 bits per heavy atom. The van der Waals surface area contributed by atoms with Crippen molar-refractivity contribution in [2.75, 3.05) is 0 Å². The molecule has 0 aliphatic rings. The van der Waals surface area contributed by atoms with Crippen LogP contribution in [0.4, 0.5) is 0 Å². The van der Waals surface area contributed by atoms with E-state index in [0.29, 0.717) is 11.0 Å². The smallest absolute Gasteiger partial charge is 0.162 e. The molecule has 0 N–H and O–H groups in total. The van der Waals surface area contributed by atoms with E-state index in [1.54, 1.807) is 11.3 Å². The van der Waals surface area contributed by atoms with Crippen molar-refractivity contribution in [3.63, 3.8) is 0 Å². The van der Waals surface area contributed by atoms with Crippen LogP contribution in [0.3, 0.4) is 0 Å². The minimum absolute atomic E-state index is 0.494. The van der Waals surface area contributed by atoms with Crippen molar-refractivity contribution in [1.29, 1.82) is 0 Å². The number of fused-ring (bicyclic) bond motifs is 4. The van der Waals surface area contributed by atoms with E-state index < -0.39 is 0 Å². The zero-order valence-corrected chi connectivity index (χ0v) is 14.1. The van der Waals surface area contributed by atoms with Gasteiger partial charge in [-0.1, -0.05) is 54.1 Å². The second-order valence-electron chi connectivity index (χ2n) is 5.64. The molecule has 4 heteroatoms. The highest BCUT2D eigenvalue weighted by molar-refractivity contribution is 7.26. The predicted octanol–water partition coefficient (Wildman–Crippen LogP) is 6.32. The van der Waals surface area contributed by atoms with Gasteiger partial charge < -0.3 is 0 Å². The van der Waals surface area contributed by atoms with Crippen molar-refractivity contribution in [2.24, 2.45) is 0 Å². The molecule has 0 aliphatic carbocycles. The molecule has 0 aliphatic heterocycles. The van der Waals surface area contributed by atoms with Crippen molar-refractivity contribution in [2.45, 2.75) is 0 Å². The lowest BCUT2D eigenvalue weighted by Crippen LogP contribution is -1.91.